The Morgan fingerprint density at radius 3 is 3.05 bits per heavy atom. The third kappa shape index (κ3) is 4.05. The average molecular weight is 280 g/mol. The summed E-state index contributed by atoms with van der Waals surface area (Å²) in [5.74, 6) is 0.109. The zero-order chi connectivity index (χ0) is 13.7. The molecule has 0 saturated carbocycles. The molecule has 3 nitrogen and oxygen atoms in total. The fourth-order valence-corrected chi connectivity index (χ4v) is 3.58. The van der Waals surface area contributed by atoms with E-state index in [2.05, 4.69) is 23.6 Å². The summed E-state index contributed by atoms with van der Waals surface area (Å²) in [6, 6.07) is 2.19. The number of carbonyl (C=O) groups excluding carboxylic acids is 1. The van der Waals surface area contributed by atoms with E-state index >= 15 is 0 Å². The minimum absolute atomic E-state index is 0.109. The van der Waals surface area contributed by atoms with Crippen LogP contribution in [0.1, 0.15) is 48.4 Å². The zero-order valence-electron chi connectivity index (χ0n) is 11.9. The standard InChI is InChI=1S/C15H24N2OS/c1-3-4-8-16-15(18)11(2)17-10-13-9-12-6-5-7-14(12)19-13/h9,11,17H,3-8,10H2,1-2H3,(H,16,18). The Bertz CT molecular complexity index is 406. The molecular weight excluding hydrogens is 256 g/mol. The molecule has 2 rings (SSSR count). The fraction of sp³-hybridized carbons (Fsp3) is 0.667. The lowest BCUT2D eigenvalue weighted by Crippen LogP contribution is -2.42. The molecule has 4 heteroatoms. The Hall–Kier alpha value is -0.870. The van der Waals surface area contributed by atoms with Gasteiger partial charge in [-0.15, -0.1) is 11.3 Å². The van der Waals surface area contributed by atoms with Crippen LogP contribution in [-0.4, -0.2) is 18.5 Å². The van der Waals surface area contributed by atoms with Gasteiger partial charge in [-0.05, 0) is 44.2 Å². The van der Waals surface area contributed by atoms with E-state index in [9.17, 15) is 4.79 Å². The Labute approximate surface area is 119 Å². The molecule has 1 aromatic heterocycles. The van der Waals surface area contributed by atoms with Crippen molar-refractivity contribution in [1.29, 1.82) is 0 Å². The third-order valence-corrected chi connectivity index (χ3v) is 4.84. The molecule has 106 valence electrons. The molecule has 1 heterocycles. The molecule has 2 N–H and O–H groups in total. The molecule has 0 bridgehead atoms. The van der Waals surface area contributed by atoms with Crippen molar-refractivity contribution in [3.05, 3.63) is 21.4 Å². The fourth-order valence-electron chi connectivity index (χ4n) is 2.37. The number of carbonyl (C=O) groups is 1. The first-order valence-corrected chi connectivity index (χ1v) is 8.14. The lowest BCUT2D eigenvalue weighted by atomic mass is 10.2. The Morgan fingerprint density at radius 1 is 1.47 bits per heavy atom. The molecule has 0 spiro atoms. The molecule has 1 atom stereocenters. The molecule has 1 aliphatic rings. The van der Waals surface area contributed by atoms with Gasteiger partial charge in [-0.3, -0.25) is 4.79 Å². The highest BCUT2D eigenvalue weighted by Crippen LogP contribution is 2.30. The van der Waals surface area contributed by atoms with E-state index in [4.69, 9.17) is 0 Å². The van der Waals surface area contributed by atoms with Crippen LogP contribution in [0.3, 0.4) is 0 Å². The number of unbranched alkanes of at least 4 members (excludes halogenated alkanes) is 1. The largest absolute Gasteiger partial charge is 0.355 e. The first-order chi connectivity index (χ1) is 9.20. The number of thiophene rings is 1. The predicted molar refractivity (Wildman–Crippen MR) is 80.6 cm³/mol. The van der Waals surface area contributed by atoms with Crippen molar-refractivity contribution >= 4 is 17.2 Å². The molecule has 0 saturated heterocycles. The van der Waals surface area contributed by atoms with Gasteiger partial charge in [0.2, 0.25) is 5.91 Å². The third-order valence-electron chi connectivity index (χ3n) is 3.60. The monoisotopic (exact) mass is 280 g/mol. The maximum absolute atomic E-state index is 11.8. The van der Waals surface area contributed by atoms with Crippen LogP contribution in [0.2, 0.25) is 0 Å². The highest BCUT2D eigenvalue weighted by atomic mass is 32.1. The van der Waals surface area contributed by atoms with Gasteiger partial charge in [0.25, 0.3) is 0 Å². The van der Waals surface area contributed by atoms with Gasteiger partial charge in [0, 0.05) is 22.8 Å². The summed E-state index contributed by atoms with van der Waals surface area (Å²) in [5.41, 5.74) is 1.53. The maximum atomic E-state index is 11.8. The minimum Gasteiger partial charge on any atom is -0.355 e. The van der Waals surface area contributed by atoms with Crippen LogP contribution >= 0.6 is 11.3 Å². The van der Waals surface area contributed by atoms with Crippen LogP contribution < -0.4 is 10.6 Å². The second kappa shape index (κ2) is 7.06. The van der Waals surface area contributed by atoms with E-state index in [1.807, 2.05) is 18.3 Å². The van der Waals surface area contributed by atoms with E-state index < -0.39 is 0 Å². The smallest absolute Gasteiger partial charge is 0.236 e. The van der Waals surface area contributed by atoms with Crippen LogP contribution in [0.4, 0.5) is 0 Å². The quantitative estimate of drug-likeness (QED) is 0.754. The Kier molecular flexibility index (Phi) is 5.40. The zero-order valence-corrected chi connectivity index (χ0v) is 12.7. The highest BCUT2D eigenvalue weighted by molar-refractivity contribution is 7.12. The van der Waals surface area contributed by atoms with Crippen LogP contribution in [0, 0.1) is 0 Å². The Morgan fingerprint density at radius 2 is 2.32 bits per heavy atom. The summed E-state index contributed by atoms with van der Waals surface area (Å²) < 4.78 is 0. The number of nitrogens with one attached hydrogen (secondary N) is 2. The van der Waals surface area contributed by atoms with Crippen molar-refractivity contribution < 1.29 is 4.79 Å². The number of rotatable bonds is 7. The van der Waals surface area contributed by atoms with E-state index in [0.29, 0.717) is 0 Å². The topological polar surface area (TPSA) is 41.1 Å². The van der Waals surface area contributed by atoms with Crippen molar-refractivity contribution in [3.63, 3.8) is 0 Å². The number of fused-ring (bicyclic) bond motifs is 1. The molecule has 1 unspecified atom stereocenters. The SMILES string of the molecule is CCCCNC(=O)C(C)NCc1cc2c(s1)CCC2. The molecule has 1 aromatic rings. The second-order valence-corrected chi connectivity index (χ2v) is 6.48. The van der Waals surface area contributed by atoms with Crippen LogP contribution in [0.25, 0.3) is 0 Å². The number of hydrogen-bond donors (Lipinski definition) is 2. The van der Waals surface area contributed by atoms with Crippen molar-refractivity contribution in [2.75, 3.05) is 6.54 Å². The summed E-state index contributed by atoms with van der Waals surface area (Å²) >= 11 is 1.90. The molecule has 0 aromatic carbocycles. The molecular formula is C15H24N2OS. The van der Waals surface area contributed by atoms with Gasteiger partial charge in [-0.2, -0.15) is 0 Å². The van der Waals surface area contributed by atoms with E-state index in [0.717, 1.165) is 25.9 Å². The molecule has 1 aliphatic carbocycles. The van der Waals surface area contributed by atoms with Gasteiger partial charge in [0.05, 0.1) is 6.04 Å². The molecule has 1 amide bonds. The first-order valence-electron chi connectivity index (χ1n) is 7.32. The van der Waals surface area contributed by atoms with Gasteiger partial charge in [0.1, 0.15) is 0 Å². The summed E-state index contributed by atoms with van der Waals surface area (Å²) in [5, 5.41) is 6.27. The van der Waals surface area contributed by atoms with Crippen molar-refractivity contribution in [2.24, 2.45) is 0 Å². The minimum atomic E-state index is -0.117. The molecule has 0 fully saturated rings. The highest BCUT2D eigenvalue weighted by Gasteiger charge is 2.16. The van der Waals surface area contributed by atoms with Crippen LogP contribution in [0.5, 0.6) is 0 Å². The number of hydrogen-bond acceptors (Lipinski definition) is 3. The predicted octanol–water partition coefficient (Wildman–Crippen LogP) is 2.63. The molecule has 0 radical (unpaired) electrons. The summed E-state index contributed by atoms with van der Waals surface area (Å²) in [6.07, 6.45) is 5.95. The van der Waals surface area contributed by atoms with Crippen molar-refractivity contribution in [3.8, 4) is 0 Å². The molecule has 0 aliphatic heterocycles. The molecule has 19 heavy (non-hydrogen) atoms. The van der Waals surface area contributed by atoms with Gasteiger partial charge >= 0.3 is 0 Å². The first kappa shape index (κ1) is 14.5. The van der Waals surface area contributed by atoms with Gasteiger partial charge in [0.15, 0.2) is 0 Å². The summed E-state index contributed by atoms with van der Waals surface area (Å²) in [7, 11) is 0. The van der Waals surface area contributed by atoms with Crippen molar-refractivity contribution in [1.82, 2.24) is 10.6 Å². The van der Waals surface area contributed by atoms with Crippen LogP contribution in [0.15, 0.2) is 6.07 Å². The summed E-state index contributed by atoms with van der Waals surface area (Å²) in [6.45, 7) is 5.65. The van der Waals surface area contributed by atoms with Gasteiger partial charge < -0.3 is 10.6 Å². The lowest BCUT2D eigenvalue weighted by Gasteiger charge is -2.13. The Balaban J connectivity index is 1.73. The van der Waals surface area contributed by atoms with Gasteiger partial charge in [-0.25, -0.2) is 0 Å². The number of aryl methyl sites for hydroxylation is 2. The second-order valence-electron chi connectivity index (χ2n) is 5.26. The van der Waals surface area contributed by atoms with Crippen molar-refractivity contribution in [2.45, 2.75) is 58.5 Å². The van der Waals surface area contributed by atoms with E-state index in [-0.39, 0.29) is 11.9 Å². The van der Waals surface area contributed by atoms with E-state index in [1.54, 1.807) is 4.88 Å². The average Bonchev–Trinajstić information content (AvgIpc) is 2.96. The number of amides is 1. The maximum Gasteiger partial charge on any atom is 0.236 e. The lowest BCUT2D eigenvalue weighted by molar-refractivity contribution is -0.122. The summed E-state index contributed by atoms with van der Waals surface area (Å²) in [4.78, 5) is 14.7. The van der Waals surface area contributed by atoms with E-state index in [1.165, 1.54) is 29.7 Å². The van der Waals surface area contributed by atoms with Crippen LogP contribution in [-0.2, 0) is 24.2 Å². The normalized spacial score (nSPS) is 15.3. The van der Waals surface area contributed by atoms with Gasteiger partial charge in [-0.1, -0.05) is 13.3 Å².